The van der Waals surface area contributed by atoms with Gasteiger partial charge in [-0.3, -0.25) is 14.4 Å². The number of imide groups is 1. The van der Waals surface area contributed by atoms with Gasteiger partial charge in [-0.05, 0) is 48.0 Å². The average molecular weight is 481 g/mol. The van der Waals surface area contributed by atoms with Gasteiger partial charge in [-0.15, -0.1) is 0 Å². The van der Waals surface area contributed by atoms with E-state index < -0.39 is 11.8 Å². The molecule has 1 heterocycles. The molecule has 174 valence electrons. The van der Waals surface area contributed by atoms with Crippen LogP contribution in [0.2, 0.25) is 5.02 Å². The Kier molecular flexibility index (Phi) is 6.43. The van der Waals surface area contributed by atoms with Crippen LogP contribution in [0.3, 0.4) is 0 Å². The highest BCUT2D eigenvalue weighted by atomic mass is 35.5. The number of rotatable bonds is 7. The summed E-state index contributed by atoms with van der Waals surface area (Å²) in [5.41, 5.74) is 1.97. The van der Waals surface area contributed by atoms with E-state index in [4.69, 9.17) is 25.8 Å². The molecule has 0 radical (unpaired) electrons. The van der Waals surface area contributed by atoms with Gasteiger partial charge >= 0.3 is 0 Å². The maximum atomic E-state index is 12.7. The molecule has 0 saturated heterocycles. The molecule has 0 saturated carbocycles. The Morgan fingerprint density at radius 1 is 0.882 bits per heavy atom. The Morgan fingerprint density at radius 3 is 1.97 bits per heavy atom. The lowest BCUT2D eigenvalue weighted by Gasteiger charge is -2.17. The minimum absolute atomic E-state index is 0.0362. The molecule has 0 fully saturated rings. The molecule has 0 aliphatic carbocycles. The fourth-order valence-corrected chi connectivity index (χ4v) is 4.07. The smallest absolute Gasteiger partial charge is 0.266 e. The van der Waals surface area contributed by atoms with Crippen molar-refractivity contribution in [1.82, 2.24) is 0 Å². The molecular weight excluding hydrogens is 460 g/mol. The Hall–Kier alpha value is -4.04. The Labute approximate surface area is 201 Å². The van der Waals surface area contributed by atoms with E-state index in [0.717, 1.165) is 4.90 Å². The number of methoxy groups -OCH3 is 3. The van der Waals surface area contributed by atoms with Gasteiger partial charge in [-0.2, -0.15) is 0 Å². The first-order valence-electron chi connectivity index (χ1n) is 10.2. The summed E-state index contributed by atoms with van der Waals surface area (Å²) in [5.74, 6) is 0.128. The molecule has 1 aliphatic heterocycles. The first-order valence-corrected chi connectivity index (χ1v) is 10.6. The Bertz CT molecular complexity index is 1250. The summed E-state index contributed by atoms with van der Waals surface area (Å²) in [4.78, 5) is 39.1. The standard InChI is InChI=1S/C25H21ClN2O6/c1-32-20-10-14(11-21(33-2)23(20)34-3)12-22(29)27-15-8-9-19(18(26)13-15)28-24(30)16-6-4-5-7-17(16)25(28)31/h4-11,13H,12H2,1-3H3,(H,27,29). The maximum Gasteiger partial charge on any atom is 0.266 e. The van der Waals surface area contributed by atoms with Crippen LogP contribution in [0, 0.1) is 0 Å². The van der Waals surface area contributed by atoms with Crippen LogP contribution >= 0.6 is 11.6 Å². The van der Waals surface area contributed by atoms with Crippen LogP contribution < -0.4 is 24.4 Å². The van der Waals surface area contributed by atoms with Crippen LogP contribution in [0.25, 0.3) is 0 Å². The first-order chi connectivity index (χ1) is 16.4. The zero-order valence-electron chi connectivity index (χ0n) is 18.7. The lowest BCUT2D eigenvalue weighted by molar-refractivity contribution is -0.115. The molecule has 0 bridgehead atoms. The number of amides is 3. The van der Waals surface area contributed by atoms with E-state index in [9.17, 15) is 14.4 Å². The van der Waals surface area contributed by atoms with Crippen molar-refractivity contribution in [2.45, 2.75) is 6.42 Å². The second-order valence-corrected chi connectivity index (χ2v) is 7.82. The number of benzene rings is 3. The minimum Gasteiger partial charge on any atom is -0.493 e. The monoisotopic (exact) mass is 480 g/mol. The first kappa shape index (κ1) is 23.1. The summed E-state index contributed by atoms with van der Waals surface area (Å²) in [6.07, 6.45) is 0.0362. The third-order valence-electron chi connectivity index (χ3n) is 5.36. The molecule has 9 heteroatoms. The fourth-order valence-electron chi connectivity index (χ4n) is 3.80. The molecule has 0 aromatic heterocycles. The van der Waals surface area contributed by atoms with E-state index >= 15 is 0 Å². The largest absolute Gasteiger partial charge is 0.493 e. The van der Waals surface area contributed by atoms with Crippen molar-refractivity contribution in [3.05, 3.63) is 76.3 Å². The van der Waals surface area contributed by atoms with Gasteiger partial charge in [0.25, 0.3) is 11.8 Å². The second kappa shape index (κ2) is 9.44. The van der Waals surface area contributed by atoms with Crippen LogP contribution in [0.4, 0.5) is 11.4 Å². The van der Waals surface area contributed by atoms with Crippen molar-refractivity contribution in [3.63, 3.8) is 0 Å². The van der Waals surface area contributed by atoms with E-state index in [1.54, 1.807) is 42.5 Å². The number of hydrogen-bond donors (Lipinski definition) is 1. The van der Waals surface area contributed by atoms with E-state index in [1.165, 1.54) is 33.5 Å². The number of halogens is 1. The topological polar surface area (TPSA) is 94.2 Å². The molecule has 0 atom stereocenters. The van der Waals surface area contributed by atoms with Crippen LogP contribution in [-0.2, 0) is 11.2 Å². The van der Waals surface area contributed by atoms with Gasteiger partial charge in [0.2, 0.25) is 11.7 Å². The third kappa shape index (κ3) is 4.15. The minimum atomic E-state index is -0.443. The fraction of sp³-hybridized carbons (Fsp3) is 0.160. The van der Waals surface area contributed by atoms with E-state index in [-0.39, 0.29) is 23.0 Å². The predicted molar refractivity (Wildman–Crippen MR) is 127 cm³/mol. The van der Waals surface area contributed by atoms with E-state index in [2.05, 4.69) is 5.32 Å². The number of carbonyl (C=O) groups excluding carboxylic acids is 3. The van der Waals surface area contributed by atoms with Gasteiger partial charge in [0.05, 0.1) is 49.6 Å². The van der Waals surface area contributed by atoms with Gasteiger partial charge in [0.1, 0.15) is 0 Å². The number of fused-ring (bicyclic) bond motifs is 1. The van der Waals surface area contributed by atoms with Crippen LogP contribution in [0.5, 0.6) is 17.2 Å². The number of anilines is 2. The highest BCUT2D eigenvalue weighted by Gasteiger charge is 2.37. The van der Waals surface area contributed by atoms with Gasteiger partial charge in [0.15, 0.2) is 11.5 Å². The zero-order chi connectivity index (χ0) is 24.4. The van der Waals surface area contributed by atoms with Crippen LogP contribution in [0.15, 0.2) is 54.6 Å². The SMILES string of the molecule is COc1cc(CC(=O)Nc2ccc(N3C(=O)c4ccccc4C3=O)c(Cl)c2)cc(OC)c1OC. The van der Waals surface area contributed by atoms with Gasteiger partial charge in [-0.25, -0.2) is 4.90 Å². The molecule has 3 aromatic carbocycles. The van der Waals surface area contributed by atoms with Crippen LogP contribution in [-0.4, -0.2) is 39.1 Å². The number of nitrogens with one attached hydrogen (secondary N) is 1. The molecule has 3 amide bonds. The van der Waals surface area contributed by atoms with Gasteiger partial charge < -0.3 is 19.5 Å². The lowest BCUT2D eigenvalue weighted by Crippen LogP contribution is -2.29. The Balaban J connectivity index is 1.51. The molecule has 8 nitrogen and oxygen atoms in total. The predicted octanol–water partition coefficient (Wildman–Crippen LogP) is 4.35. The third-order valence-corrected chi connectivity index (χ3v) is 5.66. The molecule has 0 spiro atoms. The highest BCUT2D eigenvalue weighted by Crippen LogP contribution is 2.38. The number of ether oxygens (including phenoxy) is 3. The van der Waals surface area contributed by atoms with Gasteiger partial charge in [0, 0.05) is 5.69 Å². The molecular formula is C25H21ClN2O6. The molecule has 4 rings (SSSR count). The lowest BCUT2D eigenvalue weighted by atomic mass is 10.1. The molecule has 1 N–H and O–H groups in total. The molecule has 3 aromatic rings. The number of hydrogen-bond acceptors (Lipinski definition) is 6. The summed E-state index contributed by atoms with van der Waals surface area (Å²) in [6, 6.07) is 14.6. The van der Waals surface area contributed by atoms with Crippen molar-refractivity contribution in [1.29, 1.82) is 0 Å². The number of carbonyl (C=O) groups is 3. The normalized spacial score (nSPS) is 12.4. The zero-order valence-corrected chi connectivity index (χ0v) is 19.4. The van der Waals surface area contributed by atoms with Gasteiger partial charge in [-0.1, -0.05) is 23.7 Å². The van der Waals surface area contributed by atoms with E-state index in [1.807, 2.05) is 0 Å². The molecule has 1 aliphatic rings. The van der Waals surface area contributed by atoms with Crippen molar-refractivity contribution >= 4 is 40.7 Å². The summed E-state index contributed by atoms with van der Waals surface area (Å²) in [5, 5.41) is 2.92. The van der Waals surface area contributed by atoms with Crippen molar-refractivity contribution in [2.75, 3.05) is 31.5 Å². The second-order valence-electron chi connectivity index (χ2n) is 7.42. The molecule has 34 heavy (non-hydrogen) atoms. The maximum absolute atomic E-state index is 12.7. The summed E-state index contributed by atoms with van der Waals surface area (Å²) in [6.45, 7) is 0. The summed E-state index contributed by atoms with van der Waals surface area (Å²) >= 11 is 6.39. The summed E-state index contributed by atoms with van der Waals surface area (Å²) in [7, 11) is 4.50. The average Bonchev–Trinajstić information content (AvgIpc) is 3.08. The highest BCUT2D eigenvalue weighted by molar-refractivity contribution is 6.40. The number of nitrogens with zero attached hydrogens (tertiary/aromatic N) is 1. The van der Waals surface area contributed by atoms with E-state index in [0.29, 0.717) is 39.6 Å². The Morgan fingerprint density at radius 2 is 1.47 bits per heavy atom. The van der Waals surface area contributed by atoms with Crippen molar-refractivity contribution in [2.24, 2.45) is 0 Å². The van der Waals surface area contributed by atoms with Crippen molar-refractivity contribution < 1.29 is 28.6 Å². The van der Waals surface area contributed by atoms with Crippen molar-refractivity contribution in [3.8, 4) is 17.2 Å². The quantitative estimate of drug-likeness (QED) is 0.505. The molecule has 0 unspecified atom stereocenters. The van der Waals surface area contributed by atoms with Crippen LogP contribution in [0.1, 0.15) is 26.3 Å². The summed E-state index contributed by atoms with van der Waals surface area (Å²) < 4.78 is 15.9.